The monoisotopic (exact) mass is 747 g/mol. The highest BCUT2D eigenvalue weighted by Gasteiger charge is 2.21. The summed E-state index contributed by atoms with van der Waals surface area (Å²) in [5, 5.41) is 22.9. The van der Waals surface area contributed by atoms with Crippen molar-refractivity contribution < 1.29 is 0 Å². The van der Waals surface area contributed by atoms with E-state index in [0.29, 0.717) is 5.56 Å². The lowest BCUT2D eigenvalue weighted by Crippen LogP contribution is -1.95. The van der Waals surface area contributed by atoms with Crippen molar-refractivity contribution in [2.45, 2.75) is 0 Å². The molecule has 0 saturated heterocycles. The summed E-state index contributed by atoms with van der Waals surface area (Å²) in [6.07, 6.45) is 0. The van der Waals surface area contributed by atoms with Crippen LogP contribution in [-0.2, 0) is 0 Å². The number of nitriles is 1. The van der Waals surface area contributed by atoms with E-state index in [-0.39, 0.29) is 0 Å². The van der Waals surface area contributed by atoms with Crippen LogP contribution in [0.25, 0.3) is 115 Å². The average molecular weight is 748 g/mol. The first-order valence-corrected chi connectivity index (χ1v) is 20.0. The third-order valence-corrected chi connectivity index (χ3v) is 12.1. The maximum absolute atomic E-state index is 9.81. The number of hydrogen-bond acceptors (Lipinski definition) is 2. The molecule has 59 heavy (non-hydrogen) atoms. The van der Waals surface area contributed by atoms with Crippen LogP contribution >= 0.6 is 0 Å². The van der Waals surface area contributed by atoms with Crippen LogP contribution in [0.1, 0.15) is 5.56 Å². The number of rotatable bonds is 4. The zero-order chi connectivity index (χ0) is 39.0. The van der Waals surface area contributed by atoms with Gasteiger partial charge >= 0.3 is 0 Å². The summed E-state index contributed by atoms with van der Waals surface area (Å²) < 4.78 is 2.26. The zero-order valence-electron chi connectivity index (χ0n) is 31.9. The van der Waals surface area contributed by atoms with Gasteiger partial charge in [0.15, 0.2) is 0 Å². The van der Waals surface area contributed by atoms with E-state index in [2.05, 4.69) is 193 Å². The Morgan fingerprint density at radius 1 is 0.373 bits per heavy atom. The van der Waals surface area contributed by atoms with Gasteiger partial charge in [-0.2, -0.15) is 5.26 Å². The highest BCUT2D eigenvalue weighted by Crippen LogP contribution is 2.46. The second-order valence-electron chi connectivity index (χ2n) is 15.4. The molecule has 0 fully saturated rings. The predicted molar refractivity (Wildman–Crippen MR) is 247 cm³/mol. The molecular weight excluding hydrogens is 715 g/mol. The zero-order valence-corrected chi connectivity index (χ0v) is 31.9. The number of nitrogens with zero attached hydrogens (tertiary/aromatic N) is 3. The fourth-order valence-electron chi connectivity index (χ4n) is 9.54. The van der Waals surface area contributed by atoms with Gasteiger partial charge in [-0.25, -0.2) is 4.98 Å². The highest BCUT2D eigenvalue weighted by atomic mass is 15.0. The number of benzene rings is 10. The molecule has 0 aliphatic heterocycles. The van der Waals surface area contributed by atoms with Crippen LogP contribution < -0.4 is 0 Å². The maximum Gasteiger partial charge on any atom is 0.0992 e. The molecule has 0 unspecified atom stereocenters. The SMILES string of the molecule is N#Cc1ccc2c3cc(-c4cccc(-c5cc6c(-c7ccccc7)nc7c8ccccc8c8ccccc8c7c6c6ccccc56)c4)ccc3n(-c3ccccc3)c2c1. The molecule has 0 spiro atoms. The van der Waals surface area contributed by atoms with Crippen LogP contribution in [0.5, 0.6) is 0 Å². The van der Waals surface area contributed by atoms with E-state index in [1.54, 1.807) is 0 Å². The van der Waals surface area contributed by atoms with Gasteiger partial charge in [0.05, 0.1) is 33.9 Å². The van der Waals surface area contributed by atoms with Crippen molar-refractivity contribution in [2.24, 2.45) is 0 Å². The summed E-state index contributed by atoms with van der Waals surface area (Å²) in [5.41, 5.74) is 11.5. The summed E-state index contributed by atoms with van der Waals surface area (Å²) in [5.74, 6) is 0. The van der Waals surface area contributed by atoms with Gasteiger partial charge in [0, 0.05) is 43.6 Å². The van der Waals surface area contributed by atoms with Crippen molar-refractivity contribution in [3.05, 3.63) is 206 Å². The van der Waals surface area contributed by atoms with E-state index in [1.807, 2.05) is 18.2 Å². The lowest BCUT2D eigenvalue weighted by atomic mass is 9.87. The van der Waals surface area contributed by atoms with Crippen LogP contribution in [-0.4, -0.2) is 9.55 Å². The van der Waals surface area contributed by atoms with E-state index in [4.69, 9.17) is 4.98 Å². The van der Waals surface area contributed by atoms with E-state index in [0.717, 1.165) is 71.7 Å². The molecule has 0 N–H and O–H groups in total. The van der Waals surface area contributed by atoms with Gasteiger partial charge in [-0.3, -0.25) is 0 Å². The van der Waals surface area contributed by atoms with E-state index in [9.17, 15) is 5.26 Å². The van der Waals surface area contributed by atoms with Gasteiger partial charge < -0.3 is 4.57 Å². The fourth-order valence-corrected chi connectivity index (χ4v) is 9.54. The summed E-state index contributed by atoms with van der Waals surface area (Å²) in [4.78, 5) is 5.63. The standard InChI is InChI=1S/C56H33N3/c57-34-35-26-28-44-49-32-38(27-29-51(49)59(52(44)30-35)40-18-5-2-6-19-40)37-16-13-17-39(31-37)48-33-50-53(45-23-10-8-22-43(45)48)54-46-24-11-7-20-41(46)42-21-9-12-25-47(42)56(54)58-55(50)36-14-3-1-4-15-36/h1-33H. The molecule has 0 bridgehead atoms. The van der Waals surface area contributed by atoms with Crippen LogP contribution in [0, 0.1) is 11.3 Å². The Morgan fingerprint density at radius 3 is 1.75 bits per heavy atom. The molecule has 12 rings (SSSR count). The molecule has 12 aromatic rings. The molecule has 2 heterocycles. The van der Waals surface area contributed by atoms with Crippen molar-refractivity contribution in [3.63, 3.8) is 0 Å². The molecule has 272 valence electrons. The Labute approximate surface area is 340 Å². The topological polar surface area (TPSA) is 41.6 Å². The van der Waals surface area contributed by atoms with Gasteiger partial charge in [-0.05, 0) is 97.7 Å². The summed E-state index contributed by atoms with van der Waals surface area (Å²) in [7, 11) is 0. The van der Waals surface area contributed by atoms with Crippen molar-refractivity contribution in [1.82, 2.24) is 9.55 Å². The summed E-state index contributed by atoms with van der Waals surface area (Å²) in [6.45, 7) is 0. The van der Waals surface area contributed by atoms with Crippen molar-refractivity contribution in [2.75, 3.05) is 0 Å². The van der Waals surface area contributed by atoms with Gasteiger partial charge in [0.1, 0.15) is 0 Å². The minimum absolute atomic E-state index is 0.646. The van der Waals surface area contributed by atoms with E-state index < -0.39 is 0 Å². The molecule has 10 aromatic carbocycles. The Morgan fingerprint density at radius 2 is 0.983 bits per heavy atom. The molecule has 0 aliphatic carbocycles. The fraction of sp³-hybridized carbons (Fsp3) is 0. The maximum atomic E-state index is 9.81. The third kappa shape index (κ3) is 5.04. The van der Waals surface area contributed by atoms with Gasteiger partial charge in [0.25, 0.3) is 0 Å². The van der Waals surface area contributed by atoms with Gasteiger partial charge in [-0.15, -0.1) is 0 Å². The molecule has 0 saturated carbocycles. The molecule has 2 aromatic heterocycles. The quantitative estimate of drug-likeness (QED) is 0.168. The van der Waals surface area contributed by atoms with Crippen molar-refractivity contribution >= 4 is 75.8 Å². The Kier molecular flexibility index (Phi) is 7.29. The number of fused-ring (bicyclic) bond motifs is 13. The first kappa shape index (κ1) is 33.1. The average Bonchev–Trinajstić information content (AvgIpc) is 3.64. The van der Waals surface area contributed by atoms with Gasteiger partial charge in [0.2, 0.25) is 0 Å². The highest BCUT2D eigenvalue weighted by molar-refractivity contribution is 6.36. The first-order chi connectivity index (χ1) is 29.2. The van der Waals surface area contributed by atoms with Gasteiger partial charge in [-0.1, -0.05) is 152 Å². The van der Waals surface area contributed by atoms with Crippen LogP contribution in [0.2, 0.25) is 0 Å². The number of aromatic nitrogens is 2. The smallest absolute Gasteiger partial charge is 0.0992 e. The molecule has 0 atom stereocenters. The minimum Gasteiger partial charge on any atom is -0.309 e. The Balaban J connectivity index is 1.13. The van der Waals surface area contributed by atoms with Crippen LogP contribution in [0.3, 0.4) is 0 Å². The molecule has 0 amide bonds. The second-order valence-corrected chi connectivity index (χ2v) is 15.4. The largest absolute Gasteiger partial charge is 0.309 e. The van der Waals surface area contributed by atoms with E-state index >= 15 is 0 Å². The molecular formula is C56H33N3. The summed E-state index contributed by atoms with van der Waals surface area (Å²) in [6, 6.07) is 73.9. The van der Waals surface area contributed by atoms with Crippen LogP contribution in [0.4, 0.5) is 0 Å². The summed E-state index contributed by atoms with van der Waals surface area (Å²) >= 11 is 0. The predicted octanol–water partition coefficient (Wildman–Crippen LogP) is 14.8. The van der Waals surface area contributed by atoms with Crippen molar-refractivity contribution in [3.8, 4) is 45.3 Å². The molecule has 0 radical (unpaired) electrons. The first-order valence-electron chi connectivity index (χ1n) is 20.0. The van der Waals surface area contributed by atoms with E-state index in [1.165, 1.54) is 43.3 Å². The Bertz CT molecular complexity index is 3720. The molecule has 3 nitrogen and oxygen atoms in total. The minimum atomic E-state index is 0.646. The number of hydrogen-bond donors (Lipinski definition) is 0. The van der Waals surface area contributed by atoms with Crippen LogP contribution in [0.15, 0.2) is 200 Å². The molecule has 0 aliphatic rings. The third-order valence-electron chi connectivity index (χ3n) is 12.1. The van der Waals surface area contributed by atoms with Crippen molar-refractivity contribution in [1.29, 1.82) is 5.26 Å². The normalized spacial score (nSPS) is 11.7. The number of pyridine rings is 1. The second kappa shape index (κ2) is 13.0. The Hall–Kier alpha value is -8.06. The number of para-hydroxylation sites is 1. The lowest BCUT2D eigenvalue weighted by molar-refractivity contribution is 1.18. The molecule has 3 heteroatoms. The lowest BCUT2D eigenvalue weighted by Gasteiger charge is -2.19.